The van der Waals surface area contributed by atoms with Crippen molar-refractivity contribution in [2.75, 3.05) is 6.61 Å². The first kappa shape index (κ1) is 10.1. The molecule has 3 heteroatoms. The van der Waals surface area contributed by atoms with Crippen LogP contribution in [0.25, 0.3) is 0 Å². The fourth-order valence-electron chi connectivity index (χ4n) is 1.61. The van der Waals surface area contributed by atoms with Crippen LogP contribution >= 0.6 is 11.3 Å². The molecule has 1 saturated carbocycles. The summed E-state index contributed by atoms with van der Waals surface area (Å²) < 4.78 is 0. The summed E-state index contributed by atoms with van der Waals surface area (Å²) in [6, 6.07) is 0. The molecule has 0 aromatic carbocycles. The second kappa shape index (κ2) is 3.63. The van der Waals surface area contributed by atoms with E-state index in [0.717, 1.165) is 6.42 Å². The first-order chi connectivity index (χ1) is 6.65. The lowest BCUT2D eigenvalue weighted by Gasteiger charge is -2.08. The molecule has 0 aliphatic heterocycles. The van der Waals surface area contributed by atoms with Crippen LogP contribution in [0.4, 0.5) is 0 Å². The third-order valence-electron chi connectivity index (χ3n) is 2.91. The Balaban J connectivity index is 2.03. The van der Waals surface area contributed by atoms with Gasteiger partial charge in [0, 0.05) is 23.6 Å². The molecule has 1 aromatic rings. The van der Waals surface area contributed by atoms with Crippen LogP contribution in [0.5, 0.6) is 0 Å². The normalized spacial score (nSPS) is 18.9. The van der Waals surface area contributed by atoms with Gasteiger partial charge in [0.1, 0.15) is 0 Å². The molecule has 14 heavy (non-hydrogen) atoms. The van der Waals surface area contributed by atoms with Crippen molar-refractivity contribution in [2.24, 2.45) is 5.41 Å². The van der Waals surface area contributed by atoms with Gasteiger partial charge in [0.05, 0.1) is 5.01 Å². The van der Waals surface area contributed by atoms with E-state index >= 15 is 0 Å². The topological polar surface area (TPSA) is 33.1 Å². The molecule has 0 unspecified atom stereocenters. The van der Waals surface area contributed by atoms with E-state index < -0.39 is 0 Å². The molecule has 0 spiro atoms. The van der Waals surface area contributed by atoms with Crippen molar-refractivity contribution >= 4 is 11.3 Å². The zero-order chi connectivity index (χ0) is 10.2. The Morgan fingerprint density at radius 2 is 2.29 bits per heavy atom. The second-order valence-corrected chi connectivity index (χ2v) is 5.80. The summed E-state index contributed by atoms with van der Waals surface area (Å²) >= 11 is 1.80. The molecule has 1 aliphatic carbocycles. The molecule has 1 N–H and O–H groups in total. The average Bonchev–Trinajstić information content (AvgIpc) is 2.75. The number of aliphatic hydroxyl groups excluding tert-OH is 1. The maximum absolute atomic E-state index is 9.22. The molecular weight excluding hydrogens is 194 g/mol. The molecule has 2 rings (SSSR count). The second-order valence-electron chi connectivity index (χ2n) is 4.65. The zero-order valence-corrected chi connectivity index (χ0v) is 9.60. The highest BCUT2D eigenvalue weighted by Crippen LogP contribution is 2.48. The van der Waals surface area contributed by atoms with Gasteiger partial charge in [0.25, 0.3) is 0 Å². The van der Waals surface area contributed by atoms with Gasteiger partial charge in [0.15, 0.2) is 0 Å². The summed E-state index contributed by atoms with van der Waals surface area (Å²) in [6.07, 6.45) is 5.36. The molecule has 0 amide bonds. The third kappa shape index (κ3) is 1.98. The van der Waals surface area contributed by atoms with E-state index in [1.807, 2.05) is 6.20 Å². The summed E-state index contributed by atoms with van der Waals surface area (Å²) in [5.74, 6) is 0.526. The Morgan fingerprint density at radius 1 is 1.57 bits per heavy atom. The van der Waals surface area contributed by atoms with Crippen LogP contribution in [0.1, 0.15) is 42.5 Å². The largest absolute Gasteiger partial charge is 0.396 e. The Kier molecular flexibility index (Phi) is 2.62. The van der Waals surface area contributed by atoms with Gasteiger partial charge >= 0.3 is 0 Å². The molecule has 0 atom stereocenters. The average molecular weight is 211 g/mol. The van der Waals surface area contributed by atoms with E-state index in [4.69, 9.17) is 0 Å². The van der Waals surface area contributed by atoms with Crippen molar-refractivity contribution in [1.82, 2.24) is 4.98 Å². The monoisotopic (exact) mass is 211 g/mol. The summed E-state index contributed by atoms with van der Waals surface area (Å²) in [4.78, 5) is 5.73. The summed E-state index contributed by atoms with van der Waals surface area (Å²) in [5.41, 5.74) is 0.223. The molecule has 0 bridgehead atoms. The van der Waals surface area contributed by atoms with Gasteiger partial charge in [-0.2, -0.15) is 0 Å². The maximum atomic E-state index is 9.22. The van der Waals surface area contributed by atoms with Crippen LogP contribution < -0.4 is 0 Å². The SMILES string of the molecule is CC(C)c1ncc(CC2(CO)CC2)s1. The Hall–Kier alpha value is -0.410. The van der Waals surface area contributed by atoms with Crippen LogP contribution in [-0.4, -0.2) is 16.7 Å². The van der Waals surface area contributed by atoms with Gasteiger partial charge in [0.2, 0.25) is 0 Å². The lowest BCUT2D eigenvalue weighted by atomic mass is 10.0. The number of aliphatic hydroxyl groups is 1. The van der Waals surface area contributed by atoms with Gasteiger partial charge < -0.3 is 5.11 Å². The molecule has 78 valence electrons. The van der Waals surface area contributed by atoms with E-state index in [1.165, 1.54) is 22.7 Å². The minimum Gasteiger partial charge on any atom is -0.396 e. The van der Waals surface area contributed by atoms with E-state index in [2.05, 4.69) is 18.8 Å². The van der Waals surface area contributed by atoms with E-state index in [9.17, 15) is 5.11 Å². The molecule has 1 heterocycles. The van der Waals surface area contributed by atoms with Gasteiger partial charge in [-0.1, -0.05) is 13.8 Å². The van der Waals surface area contributed by atoms with E-state index in [0.29, 0.717) is 12.5 Å². The predicted octanol–water partition coefficient (Wildman–Crippen LogP) is 2.58. The fourth-order valence-corrected chi connectivity index (χ4v) is 2.70. The van der Waals surface area contributed by atoms with Crippen molar-refractivity contribution in [3.05, 3.63) is 16.1 Å². The van der Waals surface area contributed by atoms with Crippen LogP contribution in [0.15, 0.2) is 6.20 Å². The van der Waals surface area contributed by atoms with Crippen LogP contribution in [0.3, 0.4) is 0 Å². The molecule has 1 aliphatic rings. The highest BCUT2D eigenvalue weighted by atomic mass is 32.1. The Labute approximate surface area is 89.0 Å². The number of aromatic nitrogens is 1. The van der Waals surface area contributed by atoms with Gasteiger partial charge in [-0.15, -0.1) is 11.3 Å². The number of hydrogen-bond acceptors (Lipinski definition) is 3. The number of thiazole rings is 1. The smallest absolute Gasteiger partial charge is 0.0953 e. The van der Waals surface area contributed by atoms with E-state index in [1.54, 1.807) is 11.3 Å². The lowest BCUT2D eigenvalue weighted by molar-refractivity contribution is 0.212. The minimum absolute atomic E-state index is 0.223. The Bertz CT molecular complexity index is 315. The molecule has 0 radical (unpaired) electrons. The lowest BCUT2D eigenvalue weighted by Crippen LogP contribution is -2.08. The van der Waals surface area contributed by atoms with Crippen LogP contribution in [-0.2, 0) is 6.42 Å². The third-order valence-corrected chi connectivity index (χ3v) is 4.20. The number of hydrogen-bond donors (Lipinski definition) is 1. The quantitative estimate of drug-likeness (QED) is 0.830. The zero-order valence-electron chi connectivity index (χ0n) is 8.79. The minimum atomic E-state index is 0.223. The number of rotatable bonds is 4. The molecule has 1 aromatic heterocycles. The van der Waals surface area contributed by atoms with Crippen LogP contribution in [0, 0.1) is 5.41 Å². The van der Waals surface area contributed by atoms with Gasteiger partial charge in [-0.3, -0.25) is 0 Å². The fraction of sp³-hybridized carbons (Fsp3) is 0.727. The van der Waals surface area contributed by atoms with Crippen molar-refractivity contribution in [3.8, 4) is 0 Å². The van der Waals surface area contributed by atoms with Crippen molar-refractivity contribution in [3.63, 3.8) is 0 Å². The summed E-state index contributed by atoms with van der Waals surface area (Å²) in [7, 11) is 0. The van der Waals surface area contributed by atoms with Gasteiger partial charge in [-0.05, 0) is 24.7 Å². The van der Waals surface area contributed by atoms with Crippen molar-refractivity contribution in [1.29, 1.82) is 0 Å². The highest BCUT2D eigenvalue weighted by Gasteiger charge is 2.42. The van der Waals surface area contributed by atoms with Crippen molar-refractivity contribution in [2.45, 2.75) is 39.0 Å². The van der Waals surface area contributed by atoms with Crippen LogP contribution in [0.2, 0.25) is 0 Å². The maximum Gasteiger partial charge on any atom is 0.0953 e. The number of nitrogens with zero attached hydrogens (tertiary/aromatic N) is 1. The standard InChI is InChI=1S/C11H17NOS/c1-8(2)10-12-6-9(14-10)5-11(7-13)3-4-11/h6,8,13H,3-5,7H2,1-2H3. The first-order valence-electron chi connectivity index (χ1n) is 5.21. The molecular formula is C11H17NOS. The first-order valence-corrected chi connectivity index (χ1v) is 6.02. The Morgan fingerprint density at radius 3 is 2.71 bits per heavy atom. The van der Waals surface area contributed by atoms with Gasteiger partial charge in [-0.25, -0.2) is 4.98 Å². The summed E-state index contributed by atoms with van der Waals surface area (Å²) in [6.45, 7) is 4.67. The highest BCUT2D eigenvalue weighted by molar-refractivity contribution is 7.11. The van der Waals surface area contributed by atoms with Crippen molar-refractivity contribution < 1.29 is 5.11 Å². The summed E-state index contributed by atoms with van der Waals surface area (Å²) in [5, 5.41) is 10.4. The van der Waals surface area contributed by atoms with E-state index in [-0.39, 0.29) is 5.41 Å². The molecule has 0 saturated heterocycles. The molecule has 1 fully saturated rings. The predicted molar refractivity (Wildman–Crippen MR) is 58.7 cm³/mol. The molecule has 2 nitrogen and oxygen atoms in total.